The Bertz CT molecular complexity index is 1210. The number of para-hydroxylation sites is 1. The number of nitrogens with one attached hydrogen (secondary N) is 1. The highest BCUT2D eigenvalue weighted by atomic mass is 35.5. The summed E-state index contributed by atoms with van der Waals surface area (Å²) in [5.74, 6) is -3.27. The average molecular weight is 532 g/mol. The highest BCUT2D eigenvalue weighted by Gasteiger charge is 2.38. The molecule has 188 valence electrons. The van der Waals surface area contributed by atoms with E-state index in [4.69, 9.17) is 11.6 Å². The molecule has 1 fully saturated rings. The summed E-state index contributed by atoms with van der Waals surface area (Å²) in [6, 6.07) is 12.3. The number of nitrogens with zero attached hydrogens (tertiary/aromatic N) is 2. The molecule has 1 aliphatic heterocycles. The second-order valence-electron chi connectivity index (χ2n) is 7.75. The Morgan fingerprint density at radius 1 is 1.03 bits per heavy atom. The van der Waals surface area contributed by atoms with Crippen molar-refractivity contribution in [2.45, 2.75) is 12.7 Å². The molecule has 0 aliphatic carbocycles. The first-order chi connectivity index (χ1) is 16.4. The van der Waals surface area contributed by atoms with Gasteiger partial charge in [0.2, 0.25) is 0 Å². The number of urea groups is 1. The summed E-state index contributed by atoms with van der Waals surface area (Å²) >= 11 is 6.32. The van der Waals surface area contributed by atoms with Gasteiger partial charge >= 0.3 is 18.1 Å². The molecule has 13 heteroatoms. The van der Waals surface area contributed by atoms with E-state index >= 15 is 0 Å². The summed E-state index contributed by atoms with van der Waals surface area (Å²) in [6.07, 6.45) is -5.10. The molecular weight excluding hydrogens is 511 g/mol. The monoisotopic (exact) mass is 531 g/mol. The van der Waals surface area contributed by atoms with Gasteiger partial charge in [-0.3, -0.25) is 14.5 Å². The smallest absolute Gasteiger partial charge is 0.341 e. The van der Waals surface area contributed by atoms with Crippen molar-refractivity contribution in [3.8, 4) is 0 Å². The minimum absolute atomic E-state index is 0.00971. The van der Waals surface area contributed by atoms with Crippen LogP contribution >= 0.6 is 11.6 Å². The zero-order valence-electron chi connectivity index (χ0n) is 18.2. The third-order valence-electron chi connectivity index (χ3n) is 5.28. The van der Waals surface area contributed by atoms with E-state index in [1.807, 2.05) is 0 Å². The van der Waals surface area contributed by atoms with Crippen LogP contribution in [-0.4, -0.2) is 68.4 Å². The molecule has 0 unspecified atom stereocenters. The van der Waals surface area contributed by atoms with Gasteiger partial charge in [-0.2, -0.15) is 13.2 Å². The van der Waals surface area contributed by atoms with Gasteiger partial charge in [-0.15, -0.1) is 0 Å². The van der Waals surface area contributed by atoms with Gasteiger partial charge in [0.1, 0.15) is 0 Å². The molecule has 3 rings (SSSR count). The van der Waals surface area contributed by atoms with Crippen LogP contribution in [-0.2, 0) is 21.2 Å². The molecule has 1 aliphatic rings. The normalized spacial score (nSPS) is 15.4. The Morgan fingerprint density at radius 2 is 1.66 bits per heavy atom. The number of ketones is 1. The maximum atomic E-state index is 13.3. The predicted octanol–water partition coefficient (Wildman–Crippen LogP) is 3.06. The summed E-state index contributed by atoms with van der Waals surface area (Å²) in [4.78, 5) is 39.2. The van der Waals surface area contributed by atoms with E-state index in [9.17, 15) is 36.0 Å². The number of halogens is 4. The maximum Gasteiger partial charge on any atom is 0.471 e. The summed E-state index contributed by atoms with van der Waals surface area (Å²) in [5, 5.41) is 1.60. The van der Waals surface area contributed by atoms with Gasteiger partial charge in [-0.1, -0.05) is 41.9 Å². The molecule has 0 bridgehead atoms. The van der Waals surface area contributed by atoms with Gasteiger partial charge in [-0.25, -0.2) is 13.2 Å². The molecule has 0 saturated carbocycles. The summed E-state index contributed by atoms with van der Waals surface area (Å²) in [7, 11) is -3.19. The number of carbonyl (C=O) groups is 3. The van der Waals surface area contributed by atoms with E-state index in [0.29, 0.717) is 11.3 Å². The first kappa shape index (κ1) is 26.5. The lowest BCUT2D eigenvalue weighted by Crippen LogP contribution is -2.49. The van der Waals surface area contributed by atoms with Crippen LogP contribution in [0.25, 0.3) is 0 Å². The fourth-order valence-electron chi connectivity index (χ4n) is 3.33. The molecule has 1 N–H and O–H groups in total. The Hall–Kier alpha value is -3.12. The number of sulfone groups is 1. The topological polar surface area (TPSA) is 104 Å². The molecule has 1 saturated heterocycles. The van der Waals surface area contributed by atoms with Crippen LogP contribution in [0.4, 0.5) is 23.7 Å². The standard InChI is InChI=1S/C22H21ClF3N3O5S/c23-18-12-15(19(30)13-27-20(31)22(24,25)26)6-7-16(18)14-29(17-4-2-1-3-5-17)21(32)28-8-10-35(33,34)11-9-28/h1-7,12H,8-11,13-14H2,(H,27,31). The quantitative estimate of drug-likeness (QED) is 0.577. The Morgan fingerprint density at radius 3 is 2.23 bits per heavy atom. The summed E-state index contributed by atoms with van der Waals surface area (Å²) < 4.78 is 60.4. The zero-order chi connectivity index (χ0) is 25.8. The van der Waals surface area contributed by atoms with Crippen LogP contribution in [0.15, 0.2) is 48.5 Å². The lowest BCUT2D eigenvalue weighted by molar-refractivity contribution is -0.173. The minimum Gasteiger partial charge on any atom is -0.341 e. The van der Waals surface area contributed by atoms with Crippen molar-refractivity contribution in [1.82, 2.24) is 10.2 Å². The van der Waals surface area contributed by atoms with Crippen molar-refractivity contribution in [3.63, 3.8) is 0 Å². The van der Waals surface area contributed by atoms with Crippen LogP contribution in [0.2, 0.25) is 5.02 Å². The molecule has 8 nitrogen and oxygen atoms in total. The number of alkyl halides is 3. The van der Waals surface area contributed by atoms with Gasteiger partial charge in [0.25, 0.3) is 0 Å². The first-order valence-electron chi connectivity index (χ1n) is 10.4. The number of anilines is 1. The van der Waals surface area contributed by atoms with Crippen LogP contribution in [0.3, 0.4) is 0 Å². The summed E-state index contributed by atoms with van der Waals surface area (Å²) in [5.41, 5.74) is 0.974. The van der Waals surface area contributed by atoms with Crippen molar-refractivity contribution >= 4 is 44.8 Å². The number of hydrogen-bond donors (Lipinski definition) is 1. The third-order valence-corrected chi connectivity index (χ3v) is 7.25. The first-order valence-corrected chi connectivity index (χ1v) is 12.6. The van der Waals surface area contributed by atoms with E-state index in [1.54, 1.807) is 30.3 Å². The van der Waals surface area contributed by atoms with Gasteiger partial charge in [-0.05, 0) is 23.8 Å². The van der Waals surface area contributed by atoms with E-state index in [0.717, 1.165) is 0 Å². The van der Waals surface area contributed by atoms with E-state index in [1.165, 1.54) is 33.3 Å². The second kappa shape index (κ2) is 10.6. The van der Waals surface area contributed by atoms with Crippen molar-refractivity contribution in [2.75, 3.05) is 36.0 Å². The molecule has 0 aromatic heterocycles. The molecular formula is C22H21ClF3N3O5S. The number of benzene rings is 2. The van der Waals surface area contributed by atoms with Gasteiger partial charge in [0, 0.05) is 29.4 Å². The molecule has 2 aromatic carbocycles. The molecule has 35 heavy (non-hydrogen) atoms. The number of amides is 3. The molecule has 3 amide bonds. The molecule has 1 heterocycles. The molecule has 2 aromatic rings. The molecule has 0 atom stereocenters. The Kier molecular flexibility index (Phi) is 8.06. The molecule has 0 radical (unpaired) electrons. The largest absolute Gasteiger partial charge is 0.471 e. The highest BCUT2D eigenvalue weighted by Crippen LogP contribution is 2.25. The Labute approximate surface area is 204 Å². The number of Topliss-reactive ketones (excluding diaryl/α,β-unsaturated/α-hetero) is 1. The van der Waals surface area contributed by atoms with Crippen LogP contribution in [0.5, 0.6) is 0 Å². The van der Waals surface area contributed by atoms with E-state index < -0.39 is 40.3 Å². The van der Waals surface area contributed by atoms with Gasteiger partial charge in [0.05, 0.1) is 24.6 Å². The SMILES string of the molecule is O=C(CNC(=O)C(F)(F)F)c1ccc(CN(C(=O)N2CCS(=O)(=O)CC2)c2ccccc2)c(Cl)c1. The van der Waals surface area contributed by atoms with E-state index in [-0.39, 0.29) is 41.7 Å². The van der Waals surface area contributed by atoms with Crippen LogP contribution < -0.4 is 10.2 Å². The lowest BCUT2D eigenvalue weighted by Gasteiger charge is -2.33. The summed E-state index contributed by atoms with van der Waals surface area (Å²) in [6.45, 7) is -0.768. The lowest BCUT2D eigenvalue weighted by atomic mass is 10.1. The predicted molar refractivity (Wildman–Crippen MR) is 123 cm³/mol. The Balaban J connectivity index is 1.77. The third kappa shape index (κ3) is 6.95. The fraction of sp³-hybridized carbons (Fsp3) is 0.318. The van der Waals surface area contributed by atoms with Gasteiger partial charge < -0.3 is 10.2 Å². The number of hydrogen-bond acceptors (Lipinski definition) is 5. The zero-order valence-corrected chi connectivity index (χ0v) is 19.8. The minimum atomic E-state index is -5.10. The maximum absolute atomic E-state index is 13.3. The van der Waals surface area contributed by atoms with Crippen molar-refractivity contribution in [3.05, 3.63) is 64.7 Å². The van der Waals surface area contributed by atoms with Crippen LogP contribution in [0, 0.1) is 0 Å². The number of rotatable bonds is 6. The van der Waals surface area contributed by atoms with Gasteiger partial charge in [0.15, 0.2) is 15.6 Å². The van der Waals surface area contributed by atoms with E-state index in [2.05, 4.69) is 0 Å². The van der Waals surface area contributed by atoms with Crippen molar-refractivity contribution in [1.29, 1.82) is 0 Å². The second-order valence-corrected chi connectivity index (χ2v) is 10.5. The van der Waals surface area contributed by atoms with Crippen molar-refractivity contribution in [2.24, 2.45) is 0 Å². The average Bonchev–Trinajstić information content (AvgIpc) is 2.81. The molecule has 0 spiro atoms. The van der Waals surface area contributed by atoms with Crippen molar-refractivity contribution < 1.29 is 36.0 Å². The number of carbonyl (C=O) groups excluding carboxylic acids is 3. The fourth-order valence-corrected chi connectivity index (χ4v) is 4.78. The van der Waals surface area contributed by atoms with Crippen LogP contribution in [0.1, 0.15) is 15.9 Å². The highest BCUT2D eigenvalue weighted by molar-refractivity contribution is 7.91.